The van der Waals surface area contributed by atoms with E-state index in [4.69, 9.17) is 15.3 Å². The lowest BCUT2D eigenvalue weighted by Gasteiger charge is -2.10. The Hall–Kier alpha value is -2.18. The van der Waals surface area contributed by atoms with Crippen molar-refractivity contribution < 1.29 is 9.47 Å². The highest BCUT2D eigenvalue weighted by Gasteiger charge is 2.07. The lowest BCUT2D eigenvalue weighted by Crippen LogP contribution is -2.11. The number of ether oxygens (including phenoxy) is 2. The summed E-state index contributed by atoms with van der Waals surface area (Å²) in [5, 5.41) is 0. The van der Waals surface area contributed by atoms with E-state index >= 15 is 0 Å². The number of nitrogens with two attached hydrogens (primary N) is 1. The fourth-order valence-corrected chi connectivity index (χ4v) is 1.76. The summed E-state index contributed by atoms with van der Waals surface area (Å²) in [5.74, 6) is 7.57. The van der Waals surface area contributed by atoms with E-state index in [1.54, 1.807) is 6.07 Å². The highest BCUT2D eigenvalue weighted by atomic mass is 16.5. The maximum absolute atomic E-state index is 5.78. The van der Waals surface area contributed by atoms with Gasteiger partial charge in [-0.05, 0) is 44.0 Å². The quantitative estimate of drug-likeness (QED) is 0.628. The van der Waals surface area contributed by atoms with Crippen LogP contribution in [0.25, 0.3) is 0 Å². The smallest absolute Gasteiger partial charge is 0.224 e. The third-order valence-corrected chi connectivity index (χ3v) is 3.03. The zero-order valence-corrected chi connectivity index (χ0v) is 12.5. The minimum absolute atomic E-state index is 0.315. The number of anilines is 1. The van der Waals surface area contributed by atoms with Crippen molar-refractivity contribution in [2.45, 2.75) is 27.4 Å². The van der Waals surface area contributed by atoms with Crippen LogP contribution >= 0.6 is 0 Å². The molecular weight excluding hydrogens is 268 g/mol. The largest absolute Gasteiger partial charge is 0.439 e. The topological polar surface area (TPSA) is 82.3 Å². The van der Waals surface area contributed by atoms with Crippen molar-refractivity contribution >= 4 is 5.82 Å². The molecule has 0 saturated heterocycles. The van der Waals surface area contributed by atoms with Crippen LogP contribution in [0.15, 0.2) is 24.3 Å². The number of hydrogen-bond donors (Lipinski definition) is 2. The average molecular weight is 288 g/mol. The van der Waals surface area contributed by atoms with Gasteiger partial charge in [0, 0.05) is 12.7 Å². The number of hydrogen-bond acceptors (Lipinski definition) is 6. The molecule has 6 nitrogen and oxygen atoms in total. The molecule has 2 rings (SSSR count). The van der Waals surface area contributed by atoms with Crippen LogP contribution in [-0.4, -0.2) is 16.6 Å². The summed E-state index contributed by atoms with van der Waals surface area (Å²) >= 11 is 0. The molecule has 0 aliphatic carbocycles. The number of benzene rings is 1. The first kappa shape index (κ1) is 15.2. The second-order valence-electron chi connectivity index (χ2n) is 4.64. The maximum Gasteiger partial charge on any atom is 0.224 e. The maximum atomic E-state index is 5.78. The van der Waals surface area contributed by atoms with Gasteiger partial charge >= 0.3 is 0 Å². The van der Waals surface area contributed by atoms with Crippen LogP contribution in [0.4, 0.5) is 5.82 Å². The summed E-state index contributed by atoms with van der Waals surface area (Å²) in [5.41, 5.74) is 4.88. The van der Waals surface area contributed by atoms with E-state index in [0.29, 0.717) is 30.7 Å². The molecule has 0 radical (unpaired) electrons. The van der Waals surface area contributed by atoms with E-state index in [2.05, 4.69) is 22.3 Å². The minimum Gasteiger partial charge on any atom is -0.439 e. The molecule has 0 bridgehead atoms. The number of rotatable bonds is 6. The lowest BCUT2D eigenvalue weighted by molar-refractivity contribution is 0.128. The lowest BCUT2D eigenvalue weighted by atomic mass is 10.1. The molecule has 0 spiro atoms. The van der Waals surface area contributed by atoms with Gasteiger partial charge in [0.15, 0.2) is 5.82 Å². The van der Waals surface area contributed by atoms with Gasteiger partial charge in [-0.1, -0.05) is 6.07 Å². The average Bonchev–Trinajstić information content (AvgIpc) is 2.48. The summed E-state index contributed by atoms with van der Waals surface area (Å²) in [6.45, 7) is 6.92. The van der Waals surface area contributed by atoms with Crippen LogP contribution in [0.1, 0.15) is 23.9 Å². The Morgan fingerprint density at radius 2 is 1.95 bits per heavy atom. The second kappa shape index (κ2) is 7.01. The van der Waals surface area contributed by atoms with Crippen molar-refractivity contribution in [3.05, 3.63) is 41.2 Å². The molecule has 0 aliphatic rings. The van der Waals surface area contributed by atoms with Crippen LogP contribution in [0, 0.1) is 13.8 Å². The van der Waals surface area contributed by atoms with Crippen molar-refractivity contribution in [3.8, 4) is 11.6 Å². The Morgan fingerprint density at radius 3 is 2.62 bits per heavy atom. The Labute approximate surface area is 124 Å². The van der Waals surface area contributed by atoms with Gasteiger partial charge < -0.3 is 14.9 Å². The van der Waals surface area contributed by atoms with Crippen LogP contribution in [0.2, 0.25) is 0 Å². The highest BCUT2D eigenvalue weighted by Crippen LogP contribution is 2.23. The van der Waals surface area contributed by atoms with E-state index in [1.807, 2.05) is 32.0 Å². The highest BCUT2D eigenvalue weighted by molar-refractivity contribution is 5.40. The number of nitrogen functional groups attached to an aromatic ring is 1. The van der Waals surface area contributed by atoms with Gasteiger partial charge in [0.2, 0.25) is 5.88 Å². The molecule has 3 N–H and O–H groups in total. The van der Waals surface area contributed by atoms with Gasteiger partial charge in [0.1, 0.15) is 18.2 Å². The van der Waals surface area contributed by atoms with Crippen LogP contribution in [0.3, 0.4) is 0 Å². The molecule has 0 amide bonds. The number of nitrogens with zero attached hydrogens (tertiary/aromatic N) is 2. The third kappa shape index (κ3) is 4.14. The molecule has 1 heterocycles. The zero-order chi connectivity index (χ0) is 15.2. The first-order chi connectivity index (χ1) is 10.1. The number of aryl methyl sites for hydroxylation is 2. The molecule has 1 aromatic carbocycles. The number of aromatic nitrogens is 2. The van der Waals surface area contributed by atoms with Gasteiger partial charge in [0.25, 0.3) is 0 Å². The van der Waals surface area contributed by atoms with Crippen molar-refractivity contribution in [1.29, 1.82) is 0 Å². The molecule has 112 valence electrons. The van der Waals surface area contributed by atoms with Crippen molar-refractivity contribution in [1.82, 2.24) is 9.97 Å². The molecule has 21 heavy (non-hydrogen) atoms. The molecule has 0 aliphatic heterocycles. The molecule has 6 heteroatoms. The Bertz CT molecular complexity index is 617. The molecule has 0 fully saturated rings. The van der Waals surface area contributed by atoms with E-state index in [-0.39, 0.29) is 0 Å². The SMILES string of the molecule is CCOCc1nc(NN)cc(Oc2ccc(C)c(C)c2)n1. The summed E-state index contributed by atoms with van der Waals surface area (Å²) in [6, 6.07) is 7.52. The first-order valence-corrected chi connectivity index (χ1v) is 6.79. The fourth-order valence-electron chi connectivity index (χ4n) is 1.76. The van der Waals surface area contributed by atoms with Crippen LogP contribution in [0.5, 0.6) is 11.6 Å². The monoisotopic (exact) mass is 288 g/mol. The van der Waals surface area contributed by atoms with Gasteiger partial charge in [-0.2, -0.15) is 4.98 Å². The normalized spacial score (nSPS) is 10.5. The fraction of sp³-hybridized carbons (Fsp3) is 0.333. The first-order valence-electron chi connectivity index (χ1n) is 6.79. The molecule has 1 aromatic heterocycles. The predicted octanol–water partition coefficient (Wildman–Crippen LogP) is 2.71. The van der Waals surface area contributed by atoms with Gasteiger partial charge in [-0.25, -0.2) is 10.8 Å². The molecule has 0 atom stereocenters. The van der Waals surface area contributed by atoms with Crippen molar-refractivity contribution in [3.63, 3.8) is 0 Å². The third-order valence-electron chi connectivity index (χ3n) is 3.03. The summed E-state index contributed by atoms with van der Waals surface area (Å²) in [6.07, 6.45) is 0. The summed E-state index contributed by atoms with van der Waals surface area (Å²) in [4.78, 5) is 8.52. The van der Waals surface area contributed by atoms with Crippen LogP contribution in [-0.2, 0) is 11.3 Å². The molecule has 0 saturated carbocycles. The predicted molar refractivity (Wildman–Crippen MR) is 81.2 cm³/mol. The second-order valence-corrected chi connectivity index (χ2v) is 4.64. The van der Waals surface area contributed by atoms with Crippen LogP contribution < -0.4 is 16.0 Å². The van der Waals surface area contributed by atoms with E-state index in [1.165, 1.54) is 5.56 Å². The summed E-state index contributed by atoms with van der Waals surface area (Å²) in [7, 11) is 0. The van der Waals surface area contributed by atoms with Gasteiger partial charge in [-0.15, -0.1) is 0 Å². The van der Waals surface area contributed by atoms with Gasteiger partial charge in [-0.3, -0.25) is 0 Å². The van der Waals surface area contributed by atoms with E-state index in [9.17, 15) is 0 Å². The Morgan fingerprint density at radius 1 is 1.14 bits per heavy atom. The van der Waals surface area contributed by atoms with Gasteiger partial charge in [0.05, 0.1) is 0 Å². The standard InChI is InChI=1S/C15H20N4O2/c1-4-20-9-14-17-13(19-16)8-15(18-14)21-12-6-5-10(2)11(3)7-12/h5-8H,4,9,16H2,1-3H3,(H,17,18,19). The van der Waals surface area contributed by atoms with E-state index in [0.717, 1.165) is 11.3 Å². The number of hydrazine groups is 1. The van der Waals surface area contributed by atoms with Crippen molar-refractivity contribution in [2.75, 3.05) is 12.0 Å². The summed E-state index contributed by atoms with van der Waals surface area (Å²) < 4.78 is 11.1. The Balaban J connectivity index is 2.23. The van der Waals surface area contributed by atoms with E-state index < -0.39 is 0 Å². The molecule has 0 unspecified atom stereocenters. The molecule has 2 aromatic rings. The number of nitrogens with one attached hydrogen (secondary N) is 1. The zero-order valence-electron chi connectivity index (χ0n) is 12.5. The minimum atomic E-state index is 0.315. The Kier molecular flexibility index (Phi) is 5.08. The van der Waals surface area contributed by atoms with Crippen molar-refractivity contribution in [2.24, 2.45) is 5.84 Å². The molecular formula is C15H20N4O2.